The topological polar surface area (TPSA) is 59.9 Å². The van der Waals surface area contributed by atoms with E-state index in [1.54, 1.807) is 0 Å². The second-order valence-corrected chi connectivity index (χ2v) is 13.0. The summed E-state index contributed by atoms with van der Waals surface area (Å²) in [5.41, 5.74) is 2.24. The van der Waals surface area contributed by atoms with Crippen molar-refractivity contribution in [2.45, 2.75) is 99.3 Å². The number of rotatable bonds is 8. The molecule has 3 aliphatic rings. The van der Waals surface area contributed by atoms with Crippen LogP contribution >= 0.6 is 0 Å². The molecule has 4 rings (SSSR count). The quantitative estimate of drug-likeness (QED) is 0.415. The van der Waals surface area contributed by atoms with Gasteiger partial charge in [0, 0.05) is 30.1 Å². The summed E-state index contributed by atoms with van der Waals surface area (Å²) >= 11 is 0. The number of hydrogen-bond donors (Lipinski definition) is 0. The van der Waals surface area contributed by atoms with Crippen LogP contribution in [0.2, 0.25) is 0 Å². The van der Waals surface area contributed by atoms with E-state index in [4.69, 9.17) is 0 Å². The zero-order valence-corrected chi connectivity index (χ0v) is 22.3. The lowest BCUT2D eigenvalue weighted by atomic mass is 9.48. The molecule has 0 saturated heterocycles. The fraction of sp³-hybridized carbons (Fsp3) is 0.800. The summed E-state index contributed by atoms with van der Waals surface area (Å²) in [5, 5.41) is 0. The Morgan fingerprint density at radius 2 is 1.76 bits per heavy atom. The average molecular weight is 467 g/mol. The van der Waals surface area contributed by atoms with E-state index in [-0.39, 0.29) is 28.6 Å². The van der Waals surface area contributed by atoms with E-state index in [0.29, 0.717) is 18.3 Å². The van der Waals surface area contributed by atoms with Crippen molar-refractivity contribution in [3.05, 3.63) is 23.3 Å². The van der Waals surface area contributed by atoms with Gasteiger partial charge in [-0.2, -0.15) is 0 Å². The molecule has 34 heavy (non-hydrogen) atoms. The van der Waals surface area contributed by atoms with Gasteiger partial charge in [0.15, 0.2) is 0 Å². The predicted molar refractivity (Wildman–Crippen MR) is 136 cm³/mol. The highest BCUT2D eigenvalue weighted by atomic mass is 16.1. The second-order valence-electron chi connectivity index (χ2n) is 13.0. The third kappa shape index (κ3) is 4.39. The van der Waals surface area contributed by atoms with Crippen LogP contribution in [0.4, 0.5) is 0 Å². The maximum atomic E-state index is 12.7. The molecule has 0 spiro atoms. The third-order valence-corrected chi connectivity index (χ3v) is 10.6. The zero-order valence-electron chi connectivity index (χ0n) is 22.3. The second kappa shape index (κ2) is 9.82. The van der Waals surface area contributed by atoms with E-state index >= 15 is 0 Å². The van der Waals surface area contributed by atoms with E-state index in [9.17, 15) is 9.59 Å². The zero-order chi connectivity index (χ0) is 24.7. The Morgan fingerprint density at radius 3 is 2.44 bits per heavy atom. The first-order valence-corrected chi connectivity index (χ1v) is 13.9. The minimum Gasteiger partial charge on any atom is -0.303 e. The molecule has 1 aromatic heterocycles. The smallest absolute Gasteiger partial charge is 0.125 e. The Balaban J connectivity index is 1.57. The molecule has 1 unspecified atom stereocenters. The molecule has 0 bridgehead atoms. The van der Waals surface area contributed by atoms with E-state index in [1.165, 1.54) is 44.0 Å². The van der Waals surface area contributed by atoms with E-state index in [1.807, 2.05) is 13.1 Å². The first kappa shape index (κ1) is 25.5. The summed E-state index contributed by atoms with van der Waals surface area (Å²) in [4.78, 5) is 34.2. The van der Waals surface area contributed by atoms with Gasteiger partial charge in [0.1, 0.15) is 18.4 Å². The summed E-state index contributed by atoms with van der Waals surface area (Å²) in [6.07, 6.45) is 14.5. The monoisotopic (exact) mass is 466 g/mol. The Morgan fingerprint density at radius 1 is 1.03 bits per heavy atom. The Bertz CT molecular complexity index is 898. The molecule has 8 atom stereocenters. The molecule has 0 N–H and O–H groups in total. The van der Waals surface area contributed by atoms with Crippen molar-refractivity contribution in [2.24, 2.45) is 52.3 Å². The highest BCUT2D eigenvalue weighted by Crippen LogP contribution is 2.64. The Hall–Kier alpha value is -1.58. The van der Waals surface area contributed by atoms with Gasteiger partial charge in [-0.25, -0.2) is 9.97 Å². The number of fused-ring (bicyclic) bond motifs is 2. The van der Waals surface area contributed by atoms with Crippen LogP contribution in [-0.2, 0) is 22.4 Å². The van der Waals surface area contributed by atoms with Gasteiger partial charge in [-0.05, 0) is 85.0 Å². The number of aryl methyl sites for hydroxylation is 1. The van der Waals surface area contributed by atoms with Gasteiger partial charge < -0.3 is 9.59 Å². The van der Waals surface area contributed by atoms with Crippen LogP contribution in [0.5, 0.6) is 0 Å². The molecule has 1 aromatic rings. The van der Waals surface area contributed by atoms with Crippen molar-refractivity contribution in [3.63, 3.8) is 0 Å². The lowest BCUT2D eigenvalue weighted by molar-refractivity contribution is -0.132. The average Bonchev–Trinajstić information content (AvgIpc) is 3.15. The van der Waals surface area contributed by atoms with Crippen molar-refractivity contribution in [1.82, 2.24) is 9.97 Å². The minimum absolute atomic E-state index is 0.0481. The summed E-state index contributed by atoms with van der Waals surface area (Å²) in [5.74, 6) is 3.64. The molecule has 0 aliphatic heterocycles. The maximum absolute atomic E-state index is 12.7. The number of aldehydes is 2. The van der Waals surface area contributed by atoms with Crippen LogP contribution < -0.4 is 0 Å². The van der Waals surface area contributed by atoms with Gasteiger partial charge in [-0.3, -0.25) is 0 Å². The summed E-state index contributed by atoms with van der Waals surface area (Å²) in [7, 11) is 0. The van der Waals surface area contributed by atoms with Gasteiger partial charge in [0.2, 0.25) is 0 Å². The van der Waals surface area contributed by atoms with Crippen molar-refractivity contribution in [2.75, 3.05) is 0 Å². The normalized spacial score (nSPS) is 38.3. The summed E-state index contributed by atoms with van der Waals surface area (Å²) in [6.45, 7) is 13.8. The molecular formula is C30H46N2O2. The summed E-state index contributed by atoms with van der Waals surface area (Å²) < 4.78 is 0. The standard InChI is InChI=1S/C30H46N2O2/c1-19(2)8-7-9-20(3)25-10-11-26-24(18-34)27(12-13-29(25,26)5)30(6)15-22-16-31-21(4)32-28(22)14-23(30)17-33/h16-20,23-27H,7-15H2,1-6H3/t20?,23-,24+,25-,26+,27+,29-,30+/m1/s1. The molecule has 0 radical (unpaired) electrons. The number of hydrogen-bond acceptors (Lipinski definition) is 4. The molecule has 0 amide bonds. The molecule has 1 heterocycles. The number of aromatic nitrogens is 2. The van der Waals surface area contributed by atoms with E-state index < -0.39 is 0 Å². The van der Waals surface area contributed by atoms with Gasteiger partial charge in [0.05, 0.1) is 0 Å². The third-order valence-electron chi connectivity index (χ3n) is 10.6. The Kier molecular flexibility index (Phi) is 7.37. The van der Waals surface area contributed by atoms with Crippen LogP contribution in [0.3, 0.4) is 0 Å². The maximum Gasteiger partial charge on any atom is 0.125 e. The molecular weight excluding hydrogens is 420 g/mol. The first-order valence-electron chi connectivity index (χ1n) is 13.9. The molecule has 188 valence electrons. The van der Waals surface area contributed by atoms with Crippen molar-refractivity contribution >= 4 is 12.6 Å². The fourth-order valence-corrected chi connectivity index (χ4v) is 8.64. The summed E-state index contributed by atoms with van der Waals surface area (Å²) in [6, 6.07) is 0. The molecule has 0 aromatic carbocycles. The van der Waals surface area contributed by atoms with Crippen LogP contribution in [0.25, 0.3) is 0 Å². The van der Waals surface area contributed by atoms with Crippen molar-refractivity contribution in [1.29, 1.82) is 0 Å². The van der Waals surface area contributed by atoms with Crippen LogP contribution in [-0.4, -0.2) is 22.5 Å². The molecule has 3 aliphatic carbocycles. The number of carbonyl (C=O) groups excluding carboxylic acids is 2. The van der Waals surface area contributed by atoms with E-state index in [2.05, 4.69) is 44.6 Å². The van der Waals surface area contributed by atoms with Gasteiger partial charge in [-0.15, -0.1) is 0 Å². The van der Waals surface area contributed by atoms with Gasteiger partial charge >= 0.3 is 0 Å². The van der Waals surface area contributed by atoms with Gasteiger partial charge in [0.25, 0.3) is 0 Å². The number of carbonyl (C=O) groups is 2. The molecule has 2 fully saturated rings. The highest BCUT2D eigenvalue weighted by Gasteiger charge is 2.59. The lowest BCUT2D eigenvalue weighted by Gasteiger charge is -2.55. The lowest BCUT2D eigenvalue weighted by Crippen LogP contribution is -2.52. The van der Waals surface area contributed by atoms with Gasteiger partial charge in [-0.1, -0.05) is 53.9 Å². The number of nitrogens with zero attached hydrogens (tertiary/aromatic N) is 2. The van der Waals surface area contributed by atoms with Crippen molar-refractivity contribution < 1.29 is 9.59 Å². The molecule has 4 nitrogen and oxygen atoms in total. The first-order chi connectivity index (χ1) is 16.1. The largest absolute Gasteiger partial charge is 0.303 e. The van der Waals surface area contributed by atoms with Crippen LogP contribution in [0, 0.1) is 59.2 Å². The molecule has 4 heteroatoms. The predicted octanol–water partition coefficient (Wildman–Crippen LogP) is 6.43. The van der Waals surface area contributed by atoms with E-state index in [0.717, 1.165) is 48.9 Å². The SMILES string of the molecule is Cc1ncc2c(n1)C[C@H](C=O)[C@@](C)([C@H]1CC[C@]3(C)[C@@H](C(C)CCCC(C)C)CC[C@H]3[C@@H]1C=O)C2. The van der Waals surface area contributed by atoms with Crippen LogP contribution in [0.15, 0.2) is 6.20 Å². The van der Waals surface area contributed by atoms with Crippen molar-refractivity contribution in [3.8, 4) is 0 Å². The molecule has 2 saturated carbocycles. The Labute approximate surface area is 207 Å². The van der Waals surface area contributed by atoms with Crippen LogP contribution in [0.1, 0.15) is 96.6 Å². The highest BCUT2D eigenvalue weighted by molar-refractivity contribution is 5.60. The minimum atomic E-state index is -0.207. The fourth-order valence-electron chi connectivity index (χ4n) is 8.64.